The van der Waals surface area contributed by atoms with Crippen LogP contribution < -0.4 is 5.32 Å². The summed E-state index contributed by atoms with van der Waals surface area (Å²) in [4.78, 5) is 7.98. The molecule has 0 unspecified atom stereocenters. The molecule has 2 rings (SSSR count). The topological polar surface area (TPSA) is 47.9 Å². The van der Waals surface area contributed by atoms with Crippen molar-refractivity contribution in [3.63, 3.8) is 0 Å². The van der Waals surface area contributed by atoms with Crippen LogP contribution in [0.2, 0.25) is 0 Å². The summed E-state index contributed by atoms with van der Waals surface area (Å²) in [5.41, 5.74) is 0. The van der Waals surface area contributed by atoms with Crippen LogP contribution in [0.1, 0.15) is 18.2 Å². The second kappa shape index (κ2) is 8.43. The molecular weight excluding hydrogens is 441 g/mol. The molecule has 19 heavy (non-hydrogen) atoms. The number of likely N-dealkylation sites (tertiary alicyclic amines) is 1. The lowest BCUT2D eigenvalue weighted by atomic mass is 10.3. The van der Waals surface area contributed by atoms with E-state index in [4.69, 9.17) is 0 Å². The first-order chi connectivity index (χ1) is 8.69. The zero-order valence-electron chi connectivity index (χ0n) is 10.8. The van der Waals surface area contributed by atoms with Gasteiger partial charge in [-0.15, -0.1) is 35.3 Å². The molecule has 0 amide bonds. The quantitative estimate of drug-likeness (QED) is 0.415. The maximum Gasteiger partial charge on any atom is 0.194 e. The molecule has 0 aliphatic carbocycles. The number of nitrogens with one attached hydrogen (secondary N) is 1. The highest BCUT2D eigenvalue weighted by Crippen LogP contribution is 2.20. The average Bonchev–Trinajstić information content (AvgIpc) is 2.94. The predicted octanol–water partition coefficient (Wildman–Crippen LogP) is 2.66. The number of hydrogen-bond acceptors (Lipinski definition) is 3. The number of guanidine groups is 1. The van der Waals surface area contributed by atoms with Crippen LogP contribution in [-0.4, -0.2) is 41.7 Å². The first kappa shape index (κ1) is 17.2. The number of aliphatic hydroxyl groups is 1. The summed E-state index contributed by atoms with van der Waals surface area (Å²) in [5, 5.41) is 14.9. The molecule has 0 radical (unpaired) electrons. The fourth-order valence-electron chi connectivity index (χ4n) is 1.95. The Hall–Kier alpha value is 0.140. The van der Waals surface area contributed by atoms with E-state index >= 15 is 0 Å². The van der Waals surface area contributed by atoms with Crippen LogP contribution >= 0.6 is 51.2 Å². The molecule has 1 fully saturated rings. The Morgan fingerprint density at radius 3 is 3.00 bits per heavy atom. The van der Waals surface area contributed by atoms with E-state index in [1.54, 1.807) is 11.3 Å². The fraction of sp³-hybridized carbons (Fsp3) is 0.583. The average molecular weight is 460 g/mol. The third kappa shape index (κ3) is 5.20. The molecular formula is C12H19BrIN3OS. The van der Waals surface area contributed by atoms with Gasteiger partial charge < -0.3 is 15.3 Å². The lowest BCUT2D eigenvalue weighted by molar-refractivity contribution is 0.188. The molecule has 0 saturated carbocycles. The van der Waals surface area contributed by atoms with E-state index in [0.29, 0.717) is 13.1 Å². The van der Waals surface area contributed by atoms with Gasteiger partial charge in [-0.2, -0.15) is 0 Å². The van der Waals surface area contributed by atoms with Crippen LogP contribution in [0.25, 0.3) is 0 Å². The van der Waals surface area contributed by atoms with Crippen LogP contribution in [0.3, 0.4) is 0 Å². The van der Waals surface area contributed by atoms with Crippen molar-refractivity contribution in [3.8, 4) is 0 Å². The summed E-state index contributed by atoms with van der Waals surface area (Å²) in [7, 11) is 0. The lowest BCUT2D eigenvalue weighted by Crippen LogP contribution is -2.40. The zero-order valence-corrected chi connectivity index (χ0v) is 15.5. The summed E-state index contributed by atoms with van der Waals surface area (Å²) in [6.07, 6.45) is 0.611. The molecule has 0 spiro atoms. The molecule has 1 saturated heterocycles. The molecule has 1 atom stereocenters. The Kier molecular flexibility index (Phi) is 7.63. The van der Waals surface area contributed by atoms with Crippen molar-refractivity contribution in [1.29, 1.82) is 0 Å². The molecule has 1 aromatic rings. The summed E-state index contributed by atoms with van der Waals surface area (Å²) in [6, 6.07) is 2.09. The molecule has 108 valence electrons. The molecule has 7 heteroatoms. The van der Waals surface area contributed by atoms with E-state index < -0.39 is 0 Å². The Labute approximate surface area is 143 Å². The van der Waals surface area contributed by atoms with Crippen molar-refractivity contribution in [1.82, 2.24) is 10.2 Å². The number of hydrogen-bond donors (Lipinski definition) is 2. The van der Waals surface area contributed by atoms with Gasteiger partial charge in [0.15, 0.2) is 5.96 Å². The Balaban J connectivity index is 0.00000180. The number of aliphatic imine (C=N–C) groups is 1. The van der Waals surface area contributed by atoms with Crippen molar-refractivity contribution in [2.24, 2.45) is 4.99 Å². The third-order valence-corrected chi connectivity index (χ3v) is 4.49. The van der Waals surface area contributed by atoms with E-state index in [2.05, 4.69) is 49.5 Å². The van der Waals surface area contributed by atoms with Gasteiger partial charge in [0.05, 0.1) is 12.6 Å². The first-order valence-electron chi connectivity index (χ1n) is 6.13. The van der Waals surface area contributed by atoms with Crippen molar-refractivity contribution < 1.29 is 5.11 Å². The Morgan fingerprint density at radius 2 is 2.47 bits per heavy atom. The maximum atomic E-state index is 9.58. The molecule has 1 aromatic heterocycles. The Morgan fingerprint density at radius 1 is 1.68 bits per heavy atom. The number of thiophene rings is 1. The number of aliphatic hydroxyl groups excluding tert-OH is 1. The van der Waals surface area contributed by atoms with E-state index in [9.17, 15) is 5.11 Å². The highest BCUT2D eigenvalue weighted by molar-refractivity contribution is 14.0. The normalized spacial score (nSPS) is 19.4. The van der Waals surface area contributed by atoms with E-state index in [1.165, 1.54) is 4.88 Å². The largest absolute Gasteiger partial charge is 0.391 e. The van der Waals surface area contributed by atoms with Gasteiger partial charge in [0.1, 0.15) is 0 Å². The molecule has 2 heterocycles. The van der Waals surface area contributed by atoms with Crippen molar-refractivity contribution in [2.75, 3.05) is 19.6 Å². The molecule has 0 bridgehead atoms. The van der Waals surface area contributed by atoms with E-state index in [0.717, 1.165) is 29.9 Å². The monoisotopic (exact) mass is 459 g/mol. The molecule has 4 nitrogen and oxygen atoms in total. The van der Waals surface area contributed by atoms with Crippen LogP contribution in [0.5, 0.6) is 0 Å². The van der Waals surface area contributed by atoms with Gasteiger partial charge in [-0.3, -0.25) is 0 Å². The summed E-state index contributed by atoms with van der Waals surface area (Å²) in [6.45, 7) is 5.15. The standard InChI is InChI=1S/C12H18BrN3OS.HI/c1-2-14-12(16-4-3-10(17)7-16)15-6-11-5-9(13)8-18-11;/h5,8,10,17H,2-4,6-7H2,1H3,(H,14,15);1H/t10-;/m1./s1. The van der Waals surface area contributed by atoms with Crippen LogP contribution in [-0.2, 0) is 6.54 Å². The van der Waals surface area contributed by atoms with Crippen LogP contribution in [0, 0.1) is 0 Å². The van der Waals surface area contributed by atoms with Gasteiger partial charge >= 0.3 is 0 Å². The Bertz CT molecular complexity index is 427. The SMILES string of the molecule is CCNC(=NCc1cc(Br)cs1)N1CC[C@@H](O)C1.I. The summed E-state index contributed by atoms with van der Waals surface area (Å²) in [5.74, 6) is 0.901. The van der Waals surface area contributed by atoms with Gasteiger partial charge in [0.25, 0.3) is 0 Å². The van der Waals surface area contributed by atoms with Crippen molar-refractivity contribution in [3.05, 3.63) is 20.8 Å². The number of halogens is 2. The van der Waals surface area contributed by atoms with E-state index in [1.807, 2.05) is 0 Å². The highest BCUT2D eigenvalue weighted by Gasteiger charge is 2.22. The summed E-state index contributed by atoms with van der Waals surface area (Å²) >= 11 is 5.15. The molecule has 1 aliphatic heterocycles. The predicted molar refractivity (Wildman–Crippen MR) is 94.4 cm³/mol. The van der Waals surface area contributed by atoms with Crippen molar-refractivity contribution in [2.45, 2.75) is 26.0 Å². The van der Waals surface area contributed by atoms with Crippen LogP contribution in [0.15, 0.2) is 20.9 Å². The van der Waals surface area contributed by atoms with Crippen molar-refractivity contribution >= 4 is 57.2 Å². The fourth-order valence-corrected chi connectivity index (χ4v) is 3.32. The van der Waals surface area contributed by atoms with Gasteiger partial charge in [-0.25, -0.2) is 4.99 Å². The van der Waals surface area contributed by atoms with Crippen LogP contribution in [0.4, 0.5) is 0 Å². The van der Waals surface area contributed by atoms with E-state index in [-0.39, 0.29) is 30.1 Å². The van der Waals surface area contributed by atoms with Gasteiger partial charge in [-0.05, 0) is 35.3 Å². The number of β-amino-alcohol motifs (C(OH)–C–C–N with tert-alkyl or cyclic N) is 1. The van der Waals surface area contributed by atoms with Gasteiger partial charge in [-0.1, -0.05) is 0 Å². The second-order valence-electron chi connectivity index (χ2n) is 4.29. The van der Waals surface area contributed by atoms with Gasteiger partial charge in [0.2, 0.25) is 0 Å². The zero-order chi connectivity index (χ0) is 13.0. The number of nitrogens with zero attached hydrogens (tertiary/aromatic N) is 2. The second-order valence-corrected chi connectivity index (χ2v) is 6.20. The highest BCUT2D eigenvalue weighted by atomic mass is 127. The first-order valence-corrected chi connectivity index (χ1v) is 7.80. The minimum Gasteiger partial charge on any atom is -0.391 e. The van der Waals surface area contributed by atoms with Gasteiger partial charge in [0, 0.05) is 34.4 Å². The molecule has 2 N–H and O–H groups in total. The minimum absolute atomic E-state index is 0. The molecule has 0 aromatic carbocycles. The third-order valence-electron chi connectivity index (χ3n) is 2.80. The smallest absolute Gasteiger partial charge is 0.194 e. The molecule has 1 aliphatic rings. The minimum atomic E-state index is -0.218. The summed E-state index contributed by atoms with van der Waals surface area (Å²) < 4.78 is 1.11. The lowest BCUT2D eigenvalue weighted by Gasteiger charge is -2.20. The maximum absolute atomic E-state index is 9.58. The number of rotatable bonds is 3.